The average Bonchev–Trinajstić information content (AvgIpc) is 3.19. The van der Waals surface area contributed by atoms with E-state index in [-0.39, 0.29) is 18.1 Å². The van der Waals surface area contributed by atoms with Crippen molar-refractivity contribution in [1.29, 1.82) is 0 Å². The lowest BCUT2D eigenvalue weighted by Gasteiger charge is -2.37. The van der Waals surface area contributed by atoms with E-state index in [0.717, 1.165) is 24.5 Å². The highest BCUT2D eigenvalue weighted by Crippen LogP contribution is 2.26. The standard InChI is InChI=1S/C20H22Cl2N4O/c21-15-7-5-14(6-8-15)18-13-19(24-23-18)25-9-11-26(12-10-25)20(27)16-3-1-2-4-17(16)22/h1-8,18-19,23-24H,9-13H2. The molecule has 142 valence electrons. The minimum atomic E-state index is 0.0109. The van der Waals surface area contributed by atoms with Gasteiger partial charge in [0.1, 0.15) is 0 Å². The second-order valence-corrected chi connectivity index (χ2v) is 7.80. The van der Waals surface area contributed by atoms with Gasteiger partial charge in [0.25, 0.3) is 5.91 Å². The quantitative estimate of drug-likeness (QED) is 0.823. The number of piperazine rings is 1. The normalized spacial score (nSPS) is 23.6. The van der Waals surface area contributed by atoms with Crippen molar-refractivity contribution in [1.82, 2.24) is 20.7 Å². The van der Waals surface area contributed by atoms with Gasteiger partial charge in [0, 0.05) is 37.2 Å². The number of nitrogens with one attached hydrogen (secondary N) is 2. The van der Waals surface area contributed by atoms with E-state index in [2.05, 4.69) is 27.9 Å². The zero-order valence-electron chi connectivity index (χ0n) is 14.9. The molecular formula is C20H22Cl2N4O. The maximum absolute atomic E-state index is 12.7. The third kappa shape index (κ3) is 4.13. The Hall–Kier alpha value is -1.63. The van der Waals surface area contributed by atoms with Gasteiger partial charge in [-0.15, -0.1) is 0 Å². The van der Waals surface area contributed by atoms with Gasteiger partial charge in [-0.2, -0.15) is 0 Å². The monoisotopic (exact) mass is 404 g/mol. The molecular weight excluding hydrogens is 383 g/mol. The summed E-state index contributed by atoms with van der Waals surface area (Å²) in [5.41, 5.74) is 8.57. The van der Waals surface area contributed by atoms with Crippen LogP contribution in [-0.2, 0) is 0 Å². The van der Waals surface area contributed by atoms with Gasteiger partial charge in [0.2, 0.25) is 0 Å². The van der Waals surface area contributed by atoms with Gasteiger partial charge in [-0.1, -0.05) is 47.5 Å². The Balaban J connectivity index is 1.33. The van der Waals surface area contributed by atoms with E-state index in [1.54, 1.807) is 12.1 Å². The topological polar surface area (TPSA) is 47.6 Å². The Kier molecular flexibility index (Phi) is 5.66. The van der Waals surface area contributed by atoms with Crippen LogP contribution in [0.15, 0.2) is 48.5 Å². The molecule has 7 heteroatoms. The Morgan fingerprint density at radius 2 is 1.63 bits per heavy atom. The summed E-state index contributed by atoms with van der Waals surface area (Å²) in [6.45, 7) is 3.08. The molecule has 0 bridgehead atoms. The lowest BCUT2D eigenvalue weighted by molar-refractivity contribution is 0.0545. The number of halogens is 2. The number of amides is 1. The molecule has 2 N–H and O–H groups in total. The van der Waals surface area contributed by atoms with E-state index in [1.165, 1.54) is 5.56 Å². The van der Waals surface area contributed by atoms with Crippen molar-refractivity contribution >= 4 is 29.1 Å². The van der Waals surface area contributed by atoms with E-state index in [1.807, 2.05) is 29.2 Å². The fraction of sp³-hybridized carbons (Fsp3) is 0.350. The first kappa shape index (κ1) is 18.7. The van der Waals surface area contributed by atoms with Crippen LogP contribution in [0.1, 0.15) is 28.4 Å². The first-order valence-electron chi connectivity index (χ1n) is 9.16. The fourth-order valence-corrected chi connectivity index (χ4v) is 4.08. The molecule has 0 aliphatic carbocycles. The molecule has 2 atom stereocenters. The highest BCUT2D eigenvalue weighted by Gasteiger charge is 2.32. The van der Waals surface area contributed by atoms with Crippen LogP contribution in [0.3, 0.4) is 0 Å². The van der Waals surface area contributed by atoms with Gasteiger partial charge in [0.15, 0.2) is 0 Å². The maximum Gasteiger partial charge on any atom is 0.255 e. The Labute approximate surface area is 169 Å². The largest absolute Gasteiger partial charge is 0.336 e. The number of hydrazine groups is 1. The Morgan fingerprint density at radius 3 is 2.33 bits per heavy atom. The van der Waals surface area contributed by atoms with Crippen molar-refractivity contribution < 1.29 is 4.79 Å². The van der Waals surface area contributed by atoms with Crippen LogP contribution in [0, 0.1) is 0 Å². The van der Waals surface area contributed by atoms with Crippen molar-refractivity contribution in [3.05, 3.63) is 69.7 Å². The van der Waals surface area contributed by atoms with Crippen molar-refractivity contribution in [2.24, 2.45) is 0 Å². The minimum absolute atomic E-state index is 0.0109. The summed E-state index contributed by atoms with van der Waals surface area (Å²) in [6.07, 6.45) is 1.23. The van der Waals surface area contributed by atoms with E-state index >= 15 is 0 Å². The third-order valence-corrected chi connectivity index (χ3v) is 5.88. The van der Waals surface area contributed by atoms with Crippen molar-refractivity contribution in [2.75, 3.05) is 26.2 Å². The Morgan fingerprint density at radius 1 is 0.926 bits per heavy atom. The zero-order valence-corrected chi connectivity index (χ0v) is 16.4. The number of hydrogen-bond acceptors (Lipinski definition) is 4. The van der Waals surface area contributed by atoms with Crippen LogP contribution in [0.4, 0.5) is 0 Å². The molecule has 2 aromatic rings. The molecule has 0 spiro atoms. The van der Waals surface area contributed by atoms with Crippen molar-refractivity contribution in [3.8, 4) is 0 Å². The van der Waals surface area contributed by atoms with Gasteiger partial charge < -0.3 is 4.90 Å². The summed E-state index contributed by atoms with van der Waals surface area (Å²) in [6, 6.07) is 15.5. The lowest BCUT2D eigenvalue weighted by atomic mass is 10.0. The van der Waals surface area contributed by atoms with Crippen LogP contribution in [0.2, 0.25) is 10.0 Å². The van der Waals surface area contributed by atoms with E-state index in [4.69, 9.17) is 23.2 Å². The van der Waals surface area contributed by atoms with Crippen LogP contribution >= 0.6 is 23.2 Å². The summed E-state index contributed by atoms with van der Waals surface area (Å²) in [4.78, 5) is 17.0. The predicted molar refractivity (Wildman–Crippen MR) is 108 cm³/mol. The molecule has 2 fully saturated rings. The summed E-state index contributed by atoms with van der Waals surface area (Å²) >= 11 is 12.1. The summed E-state index contributed by atoms with van der Waals surface area (Å²) in [5.74, 6) is 0.0109. The van der Waals surface area contributed by atoms with Gasteiger partial charge in [0.05, 0.1) is 16.8 Å². The number of hydrogen-bond donors (Lipinski definition) is 2. The van der Waals surface area contributed by atoms with E-state index in [0.29, 0.717) is 23.7 Å². The number of carbonyl (C=O) groups excluding carboxylic acids is 1. The molecule has 5 nitrogen and oxygen atoms in total. The molecule has 2 heterocycles. The SMILES string of the molecule is O=C(c1ccccc1Cl)N1CCN(C2CC(c3ccc(Cl)cc3)NN2)CC1. The second kappa shape index (κ2) is 8.17. The van der Waals surface area contributed by atoms with Crippen LogP contribution in [-0.4, -0.2) is 48.1 Å². The Bertz CT molecular complexity index is 806. The molecule has 27 heavy (non-hydrogen) atoms. The summed E-state index contributed by atoms with van der Waals surface area (Å²) in [5, 5.41) is 1.26. The molecule has 2 unspecified atom stereocenters. The smallest absolute Gasteiger partial charge is 0.255 e. The van der Waals surface area contributed by atoms with Crippen LogP contribution < -0.4 is 10.9 Å². The van der Waals surface area contributed by atoms with Crippen LogP contribution in [0.25, 0.3) is 0 Å². The average molecular weight is 405 g/mol. The maximum atomic E-state index is 12.7. The predicted octanol–water partition coefficient (Wildman–Crippen LogP) is 3.32. The molecule has 0 saturated carbocycles. The molecule has 2 aromatic carbocycles. The molecule has 2 saturated heterocycles. The van der Waals surface area contributed by atoms with Gasteiger partial charge >= 0.3 is 0 Å². The first-order chi connectivity index (χ1) is 13.1. The fourth-order valence-electron chi connectivity index (χ4n) is 3.73. The first-order valence-corrected chi connectivity index (χ1v) is 9.92. The highest BCUT2D eigenvalue weighted by atomic mass is 35.5. The van der Waals surface area contributed by atoms with E-state index in [9.17, 15) is 4.79 Å². The molecule has 2 aliphatic heterocycles. The number of benzene rings is 2. The van der Waals surface area contributed by atoms with Gasteiger partial charge in [-0.3, -0.25) is 9.69 Å². The summed E-state index contributed by atoms with van der Waals surface area (Å²) in [7, 11) is 0. The number of nitrogens with zero attached hydrogens (tertiary/aromatic N) is 2. The lowest BCUT2D eigenvalue weighted by Crippen LogP contribution is -2.55. The number of rotatable bonds is 3. The van der Waals surface area contributed by atoms with Gasteiger partial charge in [-0.05, 0) is 36.2 Å². The molecule has 2 aliphatic rings. The van der Waals surface area contributed by atoms with Crippen LogP contribution in [0.5, 0.6) is 0 Å². The number of carbonyl (C=O) groups is 1. The highest BCUT2D eigenvalue weighted by molar-refractivity contribution is 6.33. The zero-order chi connectivity index (χ0) is 18.8. The molecule has 1 amide bonds. The van der Waals surface area contributed by atoms with Crippen molar-refractivity contribution in [2.45, 2.75) is 18.6 Å². The second-order valence-electron chi connectivity index (χ2n) is 6.95. The van der Waals surface area contributed by atoms with Crippen molar-refractivity contribution in [3.63, 3.8) is 0 Å². The van der Waals surface area contributed by atoms with Gasteiger partial charge in [-0.25, -0.2) is 10.9 Å². The molecule has 4 rings (SSSR count). The molecule has 0 aromatic heterocycles. The summed E-state index contributed by atoms with van der Waals surface area (Å²) < 4.78 is 0. The minimum Gasteiger partial charge on any atom is -0.336 e. The molecule has 0 radical (unpaired) electrons. The van der Waals surface area contributed by atoms with E-state index < -0.39 is 0 Å². The third-order valence-electron chi connectivity index (χ3n) is 5.30.